The number of nitrogens with one attached hydrogen (secondary N) is 1. The molecular weight excluding hydrogens is 515 g/mol. The fourth-order valence-corrected chi connectivity index (χ4v) is 7.26. The molecule has 0 radical (unpaired) electrons. The second kappa shape index (κ2) is 15.0. The maximum atomic E-state index is 14.1. The molecule has 3 heterocycles. The summed E-state index contributed by atoms with van der Waals surface area (Å²) in [6.07, 6.45) is 17.0. The first kappa shape index (κ1) is 29.8. The van der Waals surface area contributed by atoms with Crippen LogP contribution in [0.1, 0.15) is 122 Å². The van der Waals surface area contributed by atoms with Crippen molar-refractivity contribution in [3.05, 3.63) is 38.9 Å². The van der Waals surface area contributed by atoms with Gasteiger partial charge in [0.1, 0.15) is 11.5 Å². The van der Waals surface area contributed by atoms with Crippen LogP contribution in [0.2, 0.25) is 0 Å². The lowest BCUT2D eigenvalue weighted by Gasteiger charge is -2.31. The van der Waals surface area contributed by atoms with E-state index in [0.29, 0.717) is 19.3 Å². The minimum atomic E-state index is -0.575. The van der Waals surface area contributed by atoms with Crippen molar-refractivity contribution < 1.29 is 9.18 Å². The van der Waals surface area contributed by atoms with E-state index in [4.69, 9.17) is 0 Å². The second-order valence-corrected chi connectivity index (χ2v) is 12.6. The van der Waals surface area contributed by atoms with Crippen molar-refractivity contribution in [3.63, 3.8) is 0 Å². The number of carbonyl (C=O) groups is 1. The largest absolute Gasteiger partial charge is 0.353 e. The van der Waals surface area contributed by atoms with Crippen LogP contribution in [0, 0.1) is 5.82 Å². The molecule has 9 heteroatoms. The average molecular weight is 561 g/mol. The molecule has 7 nitrogen and oxygen atoms in total. The second-order valence-electron chi connectivity index (χ2n) is 11.3. The van der Waals surface area contributed by atoms with Gasteiger partial charge in [-0.25, -0.2) is 14.2 Å². The summed E-state index contributed by atoms with van der Waals surface area (Å²) in [5.41, 5.74) is -0.500. The number of hydrogen-bond donors (Lipinski definition) is 1. The van der Waals surface area contributed by atoms with Crippen molar-refractivity contribution >= 4 is 28.7 Å². The highest BCUT2D eigenvalue weighted by molar-refractivity contribution is 7.99. The first-order valence-corrected chi connectivity index (χ1v) is 16.3. The van der Waals surface area contributed by atoms with E-state index in [1.165, 1.54) is 55.6 Å². The number of halogens is 1. The highest BCUT2D eigenvalue weighted by Crippen LogP contribution is 2.30. The number of aromatic nitrogens is 3. The van der Waals surface area contributed by atoms with Crippen LogP contribution in [0.15, 0.2) is 21.9 Å². The smallest absolute Gasteiger partial charge is 0.333 e. The zero-order chi connectivity index (χ0) is 27.6. The van der Waals surface area contributed by atoms with Crippen molar-refractivity contribution in [1.29, 1.82) is 0 Å². The summed E-state index contributed by atoms with van der Waals surface area (Å²) in [5, 5.41) is 3.34. The van der Waals surface area contributed by atoms with Crippen LogP contribution in [-0.4, -0.2) is 37.6 Å². The normalized spacial score (nSPS) is 20.4. The topological polar surface area (TPSA) is 86.0 Å². The van der Waals surface area contributed by atoms with Gasteiger partial charge in [-0.2, -0.15) is 11.8 Å². The first-order chi connectivity index (χ1) is 19.0. The molecule has 216 valence electrons. The quantitative estimate of drug-likeness (QED) is 0.291. The van der Waals surface area contributed by atoms with Crippen molar-refractivity contribution in [2.75, 3.05) is 11.5 Å². The Labute approximate surface area is 235 Å². The third-order valence-corrected chi connectivity index (χ3v) is 9.46. The van der Waals surface area contributed by atoms with E-state index >= 15 is 0 Å². The van der Waals surface area contributed by atoms with E-state index in [-0.39, 0.29) is 40.8 Å². The number of pyridine rings is 1. The van der Waals surface area contributed by atoms with Crippen LogP contribution in [0.3, 0.4) is 0 Å². The van der Waals surface area contributed by atoms with Gasteiger partial charge in [-0.1, -0.05) is 58.3 Å². The van der Waals surface area contributed by atoms with E-state index in [1.807, 2.05) is 11.8 Å². The highest BCUT2D eigenvalue weighted by Gasteiger charge is 2.29. The molecule has 2 fully saturated rings. The summed E-state index contributed by atoms with van der Waals surface area (Å²) in [5.74, 6) is 1.42. The Hall–Kier alpha value is -2.16. The van der Waals surface area contributed by atoms with Crippen LogP contribution < -0.4 is 16.6 Å². The Morgan fingerprint density at radius 3 is 2.21 bits per heavy atom. The monoisotopic (exact) mass is 560 g/mol. The third-order valence-electron chi connectivity index (χ3n) is 8.41. The van der Waals surface area contributed by atoms with E-state index in [9.17, 15) is 18.8 Å². The molecule has 1 amide bonds. The van der Waals surface area contributed by atoms with Crippen molar-refractivity contribution in [2.45, 2.75) is 128 Å². The fraction of sp³-hybridized carbons (Fsp3) is 0.733. The maximum absolute atomic E-state index is 14.1. The number of thioether (sulfide) groups is 1. The lowest BCUT2D eigenvalue weighted by Crippen LogP contribution is -2.46. The highest BCUT2D eigenvalue weighted by atomic mass is 32.2. The molecular formula is C30H45FN4O3S. The molecule has 1 aliphatic carbocycles. The molecule has 2 aromatic rings. The number of fused-ring (bicyclic) bond motifs is 1. The van der Waals surface area contributed by atoms with Gasteiger partial charge >= 0.3 is 5.69 Å². The van der Waals surface area contributed by atoms with Crippen molar-refractivity contribution in [3.8, 4) is 0 Å². The van der Waals surface area contributed by atoms with Gasteiger partial charge in [0, 0.05) is 24.5 Å². The van der Waals surface area contributed by atoms with E-state index < -0.39 is 11.4 Å². The Bertz CT molecular complexity index is 1200. The molecule has 1 saturated heterocycles. The van der Waals surface area contributed by atoms with Crippen LogP contribution >= 0.6 is 11.8 Å². The molecule has 0 unspecified atom stereocenters. The molecule has 2 aliphatic rings. The molecule has 0 aromatic carbocycles. The van der Waals surface area contributed by atoms with Gasteiger partial charge in [0.25, 0.3) is 5.56 Å². The number of hydrogen-bond acceptors (Lipinski definition) is 5. The SMILES string of the molecule is CCCCCCCCCCCC(=O)N[C@H]1CC[C@@H](n2c(=O)c3cc(F)cnc3n(C3CCSCC3)c2=O)CC1. The first-order valence-electron chi connectivity index (χ1n) is 15.2. The average Bonchev–Trinajstić information content (AvgIpc) is 2.94. The number of rotatable bonds is 13. The molecule has 39 heavy (non-hydrogen) atoms. The van der Waals surface area contributed by atoms with Gasteiger partial charge in [-0.3, -0.25) is 18.7 Å². The predicted molar refractivity (Wildman–Crippen MR) is 157 cm³/mol. The summed E-state index contributed by atoms with van der Waals surface area (Å²) in [4.78, 5) is 43.8. The molecule has 0 atom stereocenters. The van der Waals surface area contributed by atoms with Gasteiger partial charge < -0.3 is 5.32 Å². The Kier molecular flexibility index (Phi) is 11.5. The third kappa shape index (κ3) is 7.95. The molecule has 1 aliphatic heterocycles. The van der Waals surface area contributed by atoms with Crippen LogP contribution in [0.5, 0.6) is 0 Å². The Morgan fingerprint density at radius 2 is 1.54 bits per heavy atom. The Morgan fingerprint density at radius 1 is 0.923 bits per heavy atom. The predicted octanol–water partition coefficient (Wildman–Crippen LogP) is 6.29. The maximum Gasteiger partial charge on any atom is 0.333 e. The van der Waals surface area contributed by atoms with E-state index in [2.05, 4.69) is 17.2 Å². The molecule has 1 saturated carbocycles. The van der Waals surface area contributed by atoms with Crippen LogP contribution in [0.25, 0.3) is 11.0 Å². The van der Waals surface area contributed by atoms with E-state index in [1.54, 1.807) is 4.57 Å². The molecule has 0 spiro atoms. The molecule has 1 N–H and O–H groups in total. The lowest BCUT2D eigenvalue weighted by molar-refractivity contribution is -0.122. The lowest BCUT2D eigenvalue weighted by atomic mass is 9.90. The fourth-order valence-electron chi connectivity index (χ4n) is 6.17. The summed E-state index contributed by atoms with van der Waals surface area (Å²) in [6.45, 7) is 2.23. The molecule has 4 rings (SSSR count). The van der Waals surface area contributed by atoms with Gasteiger partial charge in [-0.05, 0) is 62.5 Å². The minimum Gasteiger partial charge on any atom is -0.353 e. The number of amides is 1. The number of unbranched alkanes of at least 4 members (excludes halogenated alkanes) is 8. The number of nitrogens with zero attached hydrogens (tertiary/aromatic N) is 3. The van der Waals surface area contributed by atoms with Gasteiger partial charge in [0.2, 0.25) is 5.91 Å². The zero-order valence-corrected chi connectivity index (χ0v) is 24.3. The van der Waals surface area contributed by atoms with Gasteiger partial charge in [0.05, 0.1) is 11.6 Å². The van der Waals surface area contributed by atoms with Crippen molar-refractivity contribution in [2.24, 2.45) is 0 Å². The van der Waals surface area contributed by atoms with Gasteiger partial charge in [0.15, 0.2) is 0 Å². The summed E-state index contributed by atoms with van der Waals surface area (Å²) >= 11 is 1.86. The Balaban J connectivity index is 1.32. The molecule has 0 bridgehead atoms. The summed E-state index contributed by atoms with van der Waals surface area (Å²) < 4.78 is 17.1. The zero-order valence-electron chi connectivity index (χ0n) is 23.5. The minimum absolute atomic E-state index is 0.0391. The van der Waals surface area contributed by atoms with E-state index in [0.717, 1.165) is 56.2 Å². The summed E-state index contributed by atoms with van der Waals surface area (Å²) in [6, 6.07) is 0.989. The van der Waals surface area contributed by atoms with Crippen LogP contribution in [-0.2, 0) is 4.79 Å². The van der Waals surface area contributed by atoms with Crippen molar-refractivity contribution in [1.82, 2.24) is 19.4 Å². The molecule has 2 aromatic heterocycles. The standard InChI is InChI=1S/C30H45FN4O3S/c1-2-3-4-5-6-7-8-9-10-11-27(36)33-23-12-14-24(15-13-23)35-29(37)26-20-22(31)21-32-28(26)34(30(35)38)25-16-18-39-19-17-25/h20-21,23-25H,2-19H2,1H3,(H,33,36)/t23-,24+. The summed E-state index contributed by atoms with van der Waals surface area (Å²) in [7, 11) is 0. The number of carbonyl (C=O) groups excluding carboxylic acids is 1. The van der Waals surface area contributed by atoms with Gasteiger partial charge in [-0.15, -0.1) is 0 Å². The van der Waals surface area contributed by atoms with Crippen LogP contribution in [0.4, 0.5) is 4.39 Å².